The van der Waals surface area contributed by atoms with Crippen molar-refractivity contribution in [3.05, 3.63) is 35.3 Å². The van der Waals surface area contributed by atoms with Gasteiger partial charge in [-0.25, -0.2) is 4.98 Å². The van der Waals surface area contributed by atoms with E-state index in [2.05, 4.69) is 51.3 Å². The van der Waals surface area contributed by atoms with Crippen LogP contribution >= 0.6 is 11.6 Å². The summed E-state index contributed by atoms with van der Waals surface area (Å²) in [5.41, 5.74) is 4.94. The number of amidine groups is 2. The number of carbonyl (C=O) groups excluding carboxylic acids is 1. The zero-order chi connectivity index (χ0) is 23.7. The highest BCUT2D eigenvalue weighted by molar-refractivity contribution is 6.29. The average molecular weight is 485 g/mol. The number of carbonyl (C=O) groups is 1. The summed E-state index contributed by atoms with van der Waals surface area (Å²) in [7, 11) is 0. The molecule has 5 rings (SSSR count). The number of amides is 1. The third-order valence-corrected chi connectivity index (χ3v) is 6.74. The van der Waals surface area contributed by atoms with E-state index in [1.165, 1.54) is 0 Å². The van der Waals surface area contributed by atoms with Crippen molar-refractivity contribution in [2.75, 3.05) is 11.9 Å². The maximum absolute atomic E-state index is 13.1. The number of hydrogen-bond acceptors (Lipinski definition) is 7. The molecule has 1 aromatic heterocycles. The summed E-state index contributed by atoms with van der Waals surface area (Å²) in [5.74, 6) is 1.40. The van der Waals surface area contributed by atoms with Crippen LogP contribution in [0.2, 0.25) is 5.15 Å². The van der Waals surface area contributed by atoms with E-state index in [0.717, 1.165) is 55.9 Å². The van der Waals surface area contributed by atoms with Gasteiger partial charge in [0, 0.05) is 36.1 Å². The number of hydrazine groups is 1. The van der Waals surface area contributed by atoms with Gasteiger partial charge in [-0.2, -0.15) is 0 Å². The fourth-order valence-corrected chi connectivity index (χ4v) is 4.92. The Kier molecular flexibility index (Phi) is 6.74. The van der Waals surface area contributed by atoms with E-state index in [1.807, 2.05) is 5.01 Å². The van der Waals surface area contributed by atoms with Gasteiger partial charge in [-0.15, -0.1) is 0 Å². The summed E-state index contributed by atoms with van der Waals surface area (Å²) < 4.78 is 0. The molecule has 0 aromatic carbocycles. The largest absolute Gasteiger partial charge is 0.379 e. The van der Waals surface area contributed by atoms with Crippen molar-refractivity contribution in [3.8, 4) is 0 Å². The summed E-state index contributed by atoms with van der Waals surface area (Å²) in [6.07, 6.45) is 10.3. The van der Waals surface area contributed by atoms with Gasteiger partial charge in [0.25, 0.3) is 5.91 Å². The van der Waals surface area contributed by atoms with Crippen LogP contribution in [-0.4, -0.2) is 64.3 Å². The molecule has 1 unspecified atom stereocenters. The Hall–Kier alpha value is -2.65. The molecule has 2 fully saturated rings. The van der Waals surface area contributed by atoms with Crippen molar-refractivity contribution >= 4 is 34.9 Å². The Morgan fingerprint density at radius 3 is 2.68 bits per heavy atom. The molecule has 2 aliphatic heterocycles. The minimum absolute atomic E-state index is 0.152. The molecule has 2 saturated carbocycles. The van der Waals surface area contributed by atoms with E-state index in [4.69, 9.17) is 16.6 Å². The molecule has 0 radical (unpaired) electrons. The predicted octanol–water partition coefficient (Wildman–Crippen LogP) is 2.62. The molecule has 1 aromatic rings. The topological polar surface area (TPSA) is 106 Å². The molecule has 1 atom stereocenters. The zero-order valence-electron chi connectivity index (χ0n) is 19.7. The molecule has 3 heterocycles. The van der Waals surface area contributed by atoms with Crippen LogP contribution in [0, 0.1) is 0 Å². The van der Waals surface area contributed by atoms with Gasteiger partial charge < -0.3 is 16.0 Å². The second-order valence-electron chi connectivity index (χ2n) is 9.84. The Morgan fingerprint density at radius 1 is 1.21 bits per heavy atom. The Bertz CT molecular complexity index is 1010. The van der Waals surface area contributed by atoms with Crippen molar-refractivity contribution in [3.63, 3.8) is 0 Å². The summed E-state index contributed by atoms with van der Waals surface area (Å²) >= 11 is 5.97. The van der Waals surface area contributed by atoms with Gasteiger partial charge in [0.1, 0.15) is 11.0 Å². The normalized spacial score (nSPS) is 27.7. The summed E-state index contributed by atoms with van der Waals surface area (Å²) in [6.45, 7) is 4.76. The van der Waals surface area contributed by atoms with Crippen molar-refractivity contribution < 1.29 is 4.79 Å². The van der Waals surface area contributed by atoms with Crippen LogP contribution in [-0.2, 0) is 4.79 Å². The Morgan fingerprint density at radius 2 is 1.97 bits per heavy atom. The van der Waals surface area contributed by atoms with Crippen LogP contribution in [0.3, 0.4) is 0 Å². The molecule has 182 valence electrons. The zero-order valence-corrected chi connectivity index (χ0v) is 20.5. The molecule has 0 spiro atoms. The minimum atomic E-state index is -0.483. The highest BCUT2D eigenvalue weighted by Crippen LogP contribution is 2.26. The summed E-state index contributed by atoms with van der Waals surface area (Å²) in [6, 6.07) is 4.70. The SMILES string of the molecule is CC(C)NC1CCC(N=C2C=C(NC3CC3)C3=NCC(C(=O)Nc4ccnc(Cl)c4)N3N2)CC1. The molecule has 10 heteroatoms. The number of aliphatic imine (C=N–C) groups is 2. The van der Waals surface area contributed by atoms with E-state index in [9.17, 15) is 4.79 Å². The minimum Gasteiger partial charge on any atom is -0.379 e. The molecule has 9 nitrogen and oxygen atoms in total. The third-order valence-electron chi connectivity index (χ3n) is 6.53. The number of pyridine rings is 1. The number of aromatic nitrogens is 1. The number of nitrogens with zero attached hydrogens (tertiary/aromatic N) is 4. The first-order valence-electron chi connectivity index (χ1n) is 12.3. The van der Waals surface area contributed by atoms with E-state index >= 15 is 0 Å². The van der Waals surface area contributed by atoms with Gasteiger partial charge in [-0.3, -0.25) is 25.2 Å². The summed E-state index contributed by atoms with van der Waals surface area (Å²) in [4.78, 5) is 26.8. The van der Waals surface area contributed by atoms with E-state index in [1.54, 1.807) is 18.3 Å². The van der Waals surface area contributed by atoms with Gasteiger partial charge in [-0.05, 0) is 50.7 Å². The van der Waals surface area contributed by atoms with Crippen molar-refractivity contribution in [1.29, 1.82) is 0 Å². The molecule has 4 aliphatic rings. The van der Waals surface area contributed by atoms with Gasteiger partial charge in [-0.1, -0.05) is 25.4 Å². The molecular weight excluding hydrogens is 452 g/mol. The van der Waals surface area contributed by atoms with Gasteiger partial charge >= 0.3 is 0 Å². The van der Waals surface area contributed by atoms with E-state index in [-0.39, 0.29) is 11.9 Å². The number of nitrogens with one attached hydrogen (secondary N) is 4. The maximum atomic E-state index is 13.1. The van der Waals surface area contributed by atoms with Crippen LogP contribution in [0.15, 0.2) is 40.1 Å². The second-order valence-corrected chi connectivity index (χ2v) is 10.2. The first-order chi connectivity index (χ1) is 16.4. The first-order valence-corrected chi connectivity index (χ1v) is 12.7. The monoisotopic (exact) mass is 484 g/mol. The fraction of sp³-hybridized carbons (Fsp3) is 0.583. The summed E-state index contributed by atoms with van der Waals surface area (Å²) in [5, 5.41) is 12.4. The van der Waals surface area contributed by atoms with E-state index in [0.29, 0.717) is 35.5 Å². The van der Waals surface area contributed by atoms with Gasteiger partial charge in [0.15, 0.2) is 11.9 Å². The van der Waals surface area contributed by atoms with Gasteiger partial charge in [0.2, 0.25) is 0 Å². The van der Waals surface area contributed by atoms with Crippen LogP contribution in [0.25, 0.3) is 0 Å². The molecule has 34 heavy (non-hydrogen) atoms. The number of halogens is 1. The quantitative estimate of drug-likeness (QED) is 0.443. The number of fused-ring (bicyclic) bond motifs is 1. The van der Waals surface area contributed by atoms with Crippen molar-refractivity contribution in [2.45, 2.75) is 82.6 Å². The molecule has 2 aliphatic carbocycles. The number of hydrogen-bond donors (Lipinski definition) is 4. The predicted molar refractivity (Wildman–Crippen MR) is 135 cm³/mol. The van der Waals surface area contributed by atoms with Crippen LogP contribution in [0.4, 0.5) is 5.69 Å². The molecule has 0 bridgehead atoms. The Balaban J connectivity index is 1.29. The second kappa shape index (κ2) is 9.92. The van der Waals surface area contributed by atoms with Crippen LogP contribution in [0.5, 0.6) is 0 Å². The standard InChI is InChI=1S/C24H33ClN8O/c1-14(2)28-15-3-7-17(8-4-15)30-22-12-19(29-16-5-6-16)23-27-13-20(33(23)32-22)24(34)31-18-9-10-26-21(25)11-18/h9-12,14-17,20,28-29H,3-8,13H2,1-2H3,(H,30,32)(H,26,31,34). The third kappa shape index (κ3) is 5.52. The molecule has 0 saturated heterocycles. The average Bonchev–Trinajstić information content (AvgIpc) is 3.50. The number of anilines is 1. The van der Waals surface area contributed by atoms with Crippen molar-refractivity contribution in [1.82, 2.24) is 26.1 Å². The fourth-order valence-electron chi connectivity index (χ4n) is 4.75. The smallest absolute Gasteiger partial charge is 0.251 e. The first kappa shape index (κ1) is 23.1. The lowest BCUT2D eigenvalue weighted by Gasteiger charge is -2.34. The van der Waals surface area contributed by atoms with E-state index < -0.39 is 6.04 Å². The highest BCUT2D eigenvalue weighted by Gasteiger charge is 2.39. The number of rotatable bonds is 7. The molecular formula is C24H33ClN8O. The maximum Gasteiger partial charge on any atom is 0.251 e. The lowest BCUT2D eigenvalue weighted by Crippen LogP contribution is -2.57. The molecule has 4 N–H and O–H groups in total. The molecule has 1 amide bonds. The lowest BCUT2D eigenvalue weighted by atomic mass is 9.91. The highest BCUT2D eigenvalue weighted by atomic mass is 35.5. The van der Waals surface area contributed by atoms with Crippen molar-refractivity contribution in [2.24, 2.45) is 9.98 Å². The van der Waals surface area contributed by atoms with Crippen LogP contribution in [0.1, 0.15) is 52.4 Å². The van der Waals surface area contributed by atoms with Crippen LogP contribution < -0.4 is 21.4 Å². The lowest BCUT2D eigenvalue weighted by molar-refractivity contribution is -0.119. The van der Waals surface area contributed by atoms with Gasteiger partial charge in [0.05, 0.1) is 18.3 Å². The Labute approximate surface area is 205 Å².